The molecule has 0 atom stereocenters. The molecule has 3 nitrogen and oxygen atoms in total. The zero-order chi connectivity index (χ0) is 11.7. The maximum Gasteiger partial charge on any atom is 3.00 e. The second-order valence-electron chi connectivity index (χ2n) is 2.31. The van der Waals surface area contributed by atoms with E-state index in [4.69, 9.17) is 0 Å². The fourth-order valence-corrected chi connectivity index (χ4v) is 0.784. The molecule has 0 spiro atoms. The van der Waals surface area contributed by atoms with Crippen LogP contribution >= 0.6 is 13.5 Å². The van der Waals surface area contributed by atoms with Gasteiger partial charge < -0.3 is 14.7 Å². The summed E-state index contributed by atoms with van der Waals surface area (Å²) in [6, 6.07) is 0. The Kier molecular flexibility index (Phi) is 7.98. The molecule has 95 valence electrons. The topological polar surface area (TPSA) is 55.3 Å². The molecule has 0 saturated carbocycles. The van der Waals surface area contributed by atoms with Crippen LogP contribution in [0.5, 0.6) is 5.75 Å². The minimum Gasteiger partial charge on any atom is -0.860 e. The molecular formula is C6H2BF5O3RuS+. The van der Waals surface area contributed by atoms with Crippen molar-refractivity contribution in [2.75, 3.05) is 0 Å². The molecule has 1 rings (SSSR count). The molecule has 0 saturated heterocycles. The third-order valence-electron chi connectivity index (χ3n) is 1.38. The molecule has 0 bridgehead atoms. The molecule has 0 unspecified atom stereocenters. The van der Waals surface area contributed by atoms with Gasteiger partial charge in [-0.25, -0.2) is 13.2 Å². The molecular weight excluding hydrogens is 359 g/mol. The van der Waals surface area contributed by atoms with Crippen molar-refractivity contribution >= 4 is 20.8 Å². The summed E-state index contributed by atoms with van der Waals surface area (Å²) in [5.74, 6) is -13.6. The molecule has 0 aliphatic rings. The van der Waals surface area contributed by atoms with Crippen molar-refractivity contribution in [3.05, 3.63) is 29.1 Å². The monoisotopic (exact) mass is 362 g/mol. The van der Waals surface area contributed by atoms with Crippen LogP contribution in [-0.2, 0) is 19.5 Å². The van der Waals surface area contributed by atoms with E-state index in [1.165, 1.54) is 0 Å². The van der Waals surface area contributed by atoms with E-state index < -0.39 is 42.2 Å². The van der Waals surface area contributed by atoms with Gasteiger partial charge in [0.2, 0.25) is 29.1 Å². The SMILES string of the molecule is S.[O-]B([O-])Oc1c(F)c(F)c(F)c(F)c1F.[Ru+3]. The van der Waals surface area contributed by atoms with Gasteiger partial charge in [-0.05, 0) is 0 Å². The van der Waals surface area contributed by atoms with Crippen molar-refractivity contribution in [2.45, 2.75) is 0 Å². The molecule has 0 aliphatic carbocycles. The number of halogens is 5. The van der Waals surface area contributed by atoms with Gasteiger partial charge >= 0.3 is 19.5 Å². The van der Waals surface area contributed by atoms with Crippen LogP contribution in [0.4, 0.5) is 22.0 Å². The van der Waals surface area contributed by atoms with Crippen LogP contribution in [0.3, 0.4) is 0 Å². The molecule has 1 radical (unpaired) electrons. The Balaban J connectivity index is 0. The third-order valence-corrected chi connectivity index (χ3v) is 1.38. The second-order valence-corrected chi connectivity index (χ2v) is 2.31. The molecule has 0 heterocycles. The van der Waals surface area contributed by atoms with Crippen LogP contribution in [-0.4, -0.2) is 7.32 Å². The Morgan fingerprint density at radius 2 is 1.06 bits per heavy atom. The summed E-state index contributed by atoms with van der Waals surface area (Å²) in [5, 5.41) is 19.7. The minimum absolute atomic E-state index is 0. The van der Waals surface area contributed by atoms with E-state index in [-0.39, 0.29) is 33.0 Å². The molecule has 0 aromatic heterocycles. The summed E-state index contributed by atoms with van der Waals surface area (Å²) < 4.78 is 65.9. The summed E-state index contributed by atoms with van der Waals surface area (Å²) in [4.78, 5) is 0. The van der Waals surface area contributed by atoms with Crippen molar-refractivity contribution in [3.63, 3.8) is 0 Å². The fourth-order valence-electron chi connectivity index (χ4n) is 0.784. The molecule has 0 fully saturated rings. The zero-order valence-corrected chi connectivity index (χ0v) is 10.3. The Bertz CT molecular complexity index is 379. The molecule has 11 heteroatoms. The van der Waals surface area contributed by atoms with E-state index in [1.807, 2.05) is 0 Å². The van der Waals surface area contributed by atoms with Gasteiger partial charge in [0.05, 0.1) is 0 Å². The van der Waals surface area contributed by atoms with Crippen LogP contribution in [0.2, 0.25) is 0 Å². The fraction of sp³-hybridized carbons (Fsp3) is 0. The molecule has 0 aliphatic heterocycles. The summed E-state index contributed by atoms with van der Waals surface area (Å²) >= 11 is 0. The van der Waals surface area contributed by atoms with Gasteiger partial charge in [-0.1, -0.05) is 0 Å². The first-order valence-corrected chi connectivity index (χ1v) is 3.36. The standard InChI is InChI=1S/C6BF5O3.Ru.H2S/c8-1-2(9)4(11)6(15-7(13)14)5(12)3(1)10;;/h;;1H2/q-2;+3;. The smallest absolute Gasteiger partial charge is 0.860 e. The first-order valence-electron chi connectivity index (χ1n) is 3.36. The van der Waals surface area contributed by atoms with E-state index in [0.717, 1.165) is 0 Å². The maximum absolute atomic E-state index is 12.6. The first kappa shape index (κ1) is 19.0. The summed E-state index contributed by atoms with van der Waals surface area (Å²) in [7, 11) is -3.20. The molecule has 1 aromatic carbocycles. The first-order chi connectivity index (χ1) is 6.86. The van der Waals surface area contributed by atoms with Crippen LogP contribution in [0.15, 0.2) is 0 Å². The normalized spacial score (nSPS) is 9.12. The average Bonchev–Trinajstić information content (AvgIpc) is 2.18. The van der Waals surface area contributed by atoms with E-state index in [0.29, 0.717) is 0 Å². The predicted octanol–water partition coefficient (Wildman–Crippen LogP) is -0.423. The van der Waals surface area contributed by atoms with E-state index >= 15 is 0 Å². The average molecular weight is 361 g/mol. The van der Waals surface area contributed by atoms with Gasteiger partial charge in [-0.2, -0.15) is 22.3 Å². The van der Waals surface area contributed by atoms with Gasteiger partial charge in [0.25, 0.3) is 0 Å². The summed E-state index contributed by atoms with van der Waals surface area (Å²) in [5.41, 5.74) is 0. The zero-order valence-electron chi connectivity index (χ0n) is 7.55. The van der Waals surface area contributed by atoms with Gasteiger partial charge in [0, 0.05) is 0 Å². The third kappa shape index (κ3) is 3.80. The van der Waals surface area contributed by atoms with E-state index in [9.17, 15) is 32.0 Å². The largest absolute Gasteiger partial charge is 3.00 e. The Hall–Kier alpha value is -0.372. The molecule has 17 heavy (non-hydrogen) atoms. The quantitative estimate of drug-likeness (QED) is 0.311. The molecule has 0 amide bonds. The molecule has 0 N–H and O–H groups in total. The Morgan fingerprint density at radius 1 is 0.765 bits per heavy atom. The molecule has 1 aromatic rings. The Morgan fingerprint density at radius 3 is 1.35 bits per heavy atom. The van der Waals surface area contributed by atoms with Crippen molar-refractivity contribution in [1.82, 2.24) is 0 Å². The van der Waals surface area contributed by atoms with Crippen LogP contribution in [0.1, 0.15) is 0 Å². The van der Waals surface area contributed by atoms with Crippen molar-refractivity contribution in [3.8, 4) is 5.75 Å². The summed E-state index contributed by atoms with van der Waals surface area (Å²) in [6.45, 7) is 0. The number of rotatable bonds is 2. The van der Waals surface area contributed by atoms with E-state index in [2.05, 4.69) is 4.65 Å². The maximum atomic E-state index is 12.6. The number of hydrogen-bond acceptors (Lipinski definition) is 3. The van der Waals surface area contributed by atoms with Crippen molar-refractivity contribution < 1.29 is 56.1 Å². The Labute approximate surface area is 112 Å². The van der Waals surface area contributed by atoms with Crippen LogP contribution < -0.4 is 14.7 Å². The van der Waals surface area contributed by atoms with Gasteiger partial charge in [0.1, 0.15) is 7.32 Å². The van der Waals surface area contributed by atoms with Gasteiger partial charge in [-0.15, -0.1) is 0 Å². The van der Waals surface area contributed by atoms with Crippen LogP contribution in [0, 0.1) is 29.1 Å². The summed E-state index contributed by atoms with van der Waals surface area (Å²) in [6.07, 6.45) is 0. The second kappa shape index (κ2) is 7.15. The van der Waals surface area contributed by atoms with Crippen molar-refractivity contribution in [1.29, 1.82) is 0 Å². The van der Waals surface area contributed by atoms with Gasteiger partial charge in [-0.3, -0.25) is 0 Å². The predicted molar refractivity (Wildman–Crippen MR) is 43.0 cm³/mol. The number of hydrogen-bond donors (Lipinski definition) is 0. The van der Waals surface area contributed by atoms with Crippen LogP contribution in [0.25, 0.3) is 0 Å². The van der Waals surface area contributed by atoms with E-state index in [1.54, 1.807) is 0 Å². The number of benzene rings is 1. The van der Waals surface area contributed by atoms with Crippen molar-refractivity contribution in [2.24, 2.45) is 0 Å². The minimum atomic E-state index is -3.20. The van der Waals surface area contributed by atoms with Gasteiger partial charge in [0.15, 0.2) is 5.75 Å².